The molecule has 1 N–H and O–H groups in total. The first kappa shape index (κ1) is 21.8. The first-order chi connectivity index (χ1) is 16.0. The molecule has 0 amide bonds. The summed E-state index contributed by atoms with van der Waals surface area (Å²) in [7, 11) is 0. The van der Waals surface area contributed by atoms with Crippen molar-refractivity contribution in [2.24, 2.45) is 0 Å². The van der Waals surface area contributed by atoms with E-state index >= 15 is 0 Å². The van der Waals surface area contributed by atoms with Crippen molar-refractivity contribution < 1.29 is 18.3 Å². The zero-order valence-electron chi connectivity index (χ0n) is 18.6. The van der Waals surface area contributed by atoms with E-state index in [1.54, 1.807) is 0 Å². The molecule has 0 bridgehead atoms. The van der Waals surface area contributed by atoms with Gasteiger partial charge in [0.15, 0.2) is 0 Å². The maximum atomic E-state index is 13.5. The van der Waals surface area contributed by atoms with Crippen molar-refractivity contribution in [2.75, 3.05) is 43.1 Å². The Morgan fingerprint density at radius 2 is 1.70 bits per heavy atom. The molecule has 0 aliphatic carbocycles. The van der Waals surface area contributed by atoms with Crippen molar-refractivity contribution >= 4 is 17.3 Å². The first-order valence-corrected chi connectivity index (χ1v) is 11.2. The van der Waals surface area contributed by atoms with Gasteiger partial charge in [-0.3, -0.25) is 0 Å². The monoisotopic (exact) mass is 455 g/mol. The van der Waals surface area contributed by atoms with E-state index in [4.69, 9.17) is 9.47 Å². The first-order valence-electron chi connectivity index (χ1n) is 11.2. The lowest BCUT2D eigenvalue weighted by Gasteiger charge is -2.35. The Hall–Kier alpha value is -3.04. The molecule has 0 saturated carbocycles. The summed E-state index contributed by atoms with van der Waals surface area (Å²) >= 11 is 0. The van der Waals surface area contributed by atoms with Gasteiger partial charge in [-0.25, -0.2) is 13.5 Å². The highest BCUT2D eigenvalue weighted by molar-refractivity contribution is 5.64. The maximum absolute atomic E-state index is 13.5. The number of halogens is 2. The summed E-state index contributed by atoms with van der Waals surface area (Å²) < 4.78 is 40.2. The Morgan fingerprint density at radius 3 is 2.48 bits per heavy atom. The molecule has 2 aromatic carbocycles. The smallest absolute Gasteiger partial charge is 0.246 e. The summed E-state index contributed by atoms with van der Waals surface area (Å²) in [5.41, 5.74) is 3.26. The zero-order valence-corrected chi connectivity index (χ0v) is 18.6. The number of aromatic nitrogens is 3. The summed E-state index contributed by atoms with van der Waals surface area (Å²) in [6, 6.07) is 9.48. The minimum absolute atomic E-state index is 0.0644. The summed E-state index contributed by atoms with van der Waals surface area (Å²) in [5, 5.41) is 7.53. The van der Waals surface area contributed by atoms with E-state index < -0.39 is 11.6 Å². The van der Waals surface area contributed by atoms with Crippen LogP contribution in [0.15, 0.2) is 42.7 Å². The standard InChI is InChI=1S/C24H27F2N5O2/c1-17-10-20(28-23-27-16-31(29-23)22-13-18(25)12-19(26)14-22)15-21(11-17)30-5-2-24(33-9-6-30)3-7-32-8-4-24/h10-16H,2-9H2,1H3,(H,28,29). The quantitative estimate of drug-likeness (QED) is 0.630. The van der Waals surface area contributed by atoms with Gasteiger partial charge in [0, 0.05) is 43.7 Å². The van der Waals surface area contributed by atoms with Crippen LogP contribution in [0.5, 0.6) is 0 Å². The van der Waals surface area contributed by atoms with Gasteiger partial charge >= 0.3 is 0 Å². The van der Waals surface area contributed by atoms with Crippen LogP contribution in [0.1, 0.15) is 24.8 Å². The molecule has 174 valence electrons. The number of benzene rings is 2. The van der Waals surface area contributed by atoms with E-state index in [0.29, 0.717) is 12.6 Å². The van der Waals surface area contributed by atoms with Crippen molar-refractivity contribution in [3.05, 3.63) is 59.9 Å². The predicted octanol–water partition coefficient (Wildman–Crippen LogP) is 4.37. The van der Waals surface area contributed by atoms with Crippen LogP contribution in [-0.4, -0.2) is 53.3 Å². The van der Waals surface area contributed by atoms with E-state index in [2.05, 4.69) is 32.4 Å². The van der Waals surface area contributed by atoms with Crippen molar-refractivity contribution in [2.45, 2.75) is 31.8 Å². The predicted molar refractivity (Wildman–Crippen MR) is 121 cm³/mol. The molecule has 0 atom stereocenters. The highest BCUT2D eigenvalue weighted by atomic mass is 19.1. The third kappa shape index (κ3) is 4.99. The van der Waals surface area contributed by atoms with Gasteiger partial charge in [0.25, 0.3) is 0 Å². The lowest BCUT2D eigenvalue weighted by Crippen LogP contribution is -2.39. The molecule has 1 spiro atoms. The van der Waals surface area contributed by atoms with E-state index in [9.17, 15) is 8.78 Å². The van der Waals surface area contributed by atoms with Gasteiger partial charge in [0.05, 0.1) is 17.9 Å². The average Bonchev–Trinajstić information content (AvgIpc) is 3.15. The van der Waals surface area contributed by atoms with Crippen LogP contribution < -0.4 is 10.2 Å². The lowest BCUT2D eigenvalue weighted by molar-refractivity contribution is -0.105. The van der Waals surface area contributed by atoms with Crippen LogP contribution in [-0.2, 0) is 9.47 Å². The van der Waals surface area contributed by atoms with Crippen molar-refractivity contribution in [1.82, 2.24) is 14.8 Å². The lowest BCUT2D eigenvalue weighted by atomic mass is 9.90. The van der Waals surface area contributed by atoms with Gasteiger partial charge in [0.2, 0.25) is 5.95 Å². The number of hydrogen-bond donors (Lipinski definition) is 1. The van der Waals surface area contributed by atoms with Crippen molar-refractivity contribution in [3.63, 3.8) is 0 Å². The van der Waals surface area contributed by atoms with E-state index in [0.717, 1.165) is 68.6 Å². The molecule has 1 aromatic heterocycles. The van der Waals surface area contributed by atoms with E-state index in [1.807, 2.05) is 13.0 Å². The number of nitrogens with zero attached hydrogens (tertiary/aromatic N) is 4. The Bertz CT molecular complexity index is 1110. The molecule has 5 rings (SSSR count). The zero-order chi connectivity index (χ0) is 22.8. The van der Waals surface area contributed by atoms with Crippen LogP contribution in [0.4, 0.5) is 26.1 Å². The fourth-order valence-corrected chi connectivity index (χ4v) is 4.55. The summed E-state index contributed by atoms with van der Waals surface area (Å²) in [4.78, 5) is 6.59. The molecule has 2 aliphatic rings. The summed E-state index contributed by atoms with van der Waals surface area (Å²) in [5.74, 6) is -0.985. The second kappa shape index (κ2) is 9.07. The second-order valence-electron chi connectivity index (χ2n) is 8.70. The molecule has 2 saturated heterocycles. The minimum Gasteiger partial charge on any atom is -0.381 e. The number of anilines is 3. The molecule has 33 heavy (non-hydrogen) atoms. The number of rotatable bonds is 4. The Kier molecular flexibility index (Phi) is 5.99. The Balaban J connectivity index is 1.32. The number of ether oxygens (including phenoxy) is 2. The highest BCUT2D eigenvalue weighted by Crippen LogP contribution is 2.33. The van der Waals surface area contributed by atoms with Crippen LogP contribution in [0.25, 0.3) is 5.69 Å². The van der Waals surface area contributed by atoms with Crippen LogP contribution in [0, 0.1) is 18.6 Å². The second-order valence-corrected chi connectivity index (χ2v) is 8.70. The van der Waals surface area contributed by atoms with Crippen LogP contribution in [0.2, 0.25) is 0 Å². The largest absolute Gasteiger partial charge is 0.381 e. The molecular formula is C24H27F2N5O2. The Morgan fingerprint density at radius 1 is 0.909 bits per heavy atom. The van der Waals surface area contributed by atoms with Gasteiger partial charge in [-0.2, -0.15) is 4.98 Å². The van der Waals surface area contributed by atoms with Crippen LogP contribution >= 0.6 is 0 Å². The highest BCUT2D eigenvalue weighted by Gasteiger charge is 2.35. The fraction of sp³-hybridized carbons (Fsp3) is 0.417. The van der Waals surface area contributed by atoms with Gasteiger partial charge < -0.3 is 19.7 Å². The maximum Gasteiger partial charge on any atom is 0.246 e. The molecule has 3 aromatic rings. The number of hydrogen-bond acceptors (Lipinski definition) is 6. The third-order valence-corrected chi connectivity index (χ3v) is 6.30. The molecule has 0 radical (unpaired) electrons. The van der Waals surface area contributed by atoms with Gasteiger partial charge in [-0.15, -0.1) is 5.10 Å². The Labute approximate surface area is 191 Å². The normalized spacial score (nSPS) is 18.3. The molecule has 7 nitrogen and oxygen atoms in total. The number of aryl methyl sites for hydroxylation is 1. The van der Waals surface area contributed by atoms with Crippen molar-refractivity contribution in [3.8, 4) is 5.69 Å². The molecule has 2 aliphatic heterocycles. The minimum atomic E-state index is -0.665. The van der Waals surface area contributed by atoms with E-state index in [1.165, 1.54) is 23.1 Å². The fourth-order valence-electron chi connectivity index (χ4n) is 4.55. The van der Waals surface area contributed by atoms with E-state index in [-0.39, 0.29) is 11.3 Å². The summed E-state index contributed by atoms with van der Waals surface area (Å²) in [6.45, 7) is 6.00. The van der Waals surface area contributed by atoms with Gasteiger partial charge in [-0.1, -0.05) is 0 Å². The van der Waals surface area contributed by atoms with Crippen LogP contribution in [0.3, 0.4) is 0 Å². The molecule has 9 heteroatoms. The molecular weight excluding hydrogens is 428 g/mol. The van der Waals surface area contributed by atoms with Crippen molar-refractivity contribution in [1.29, 1.82) is 0 Å². The molecule has 0 unspecified atom stereocenters. The average molecular weight is 456 g/mol. The third-order valence-electron chi connectivity index (χ3n) is 6.30. The SMILES string of the molecule is Cc1cc(Nc2ncn(-c3cc(F)cc(F)c3)n2)cc(N2CCOC3(CCOCC3)CC2)c1. The van der Waals surface area contributed by atoms with Gasteiger partial charge in [0.1, 0.15) is 18.0 Å². The molecule has 2 fully saturated rings. The summed E-state index contributed by atoms with van der Waals surface area (Å²) in [6.07, 6.45) is 4.30. The van der Waals surface area contributed by atoms with Gasteiger partial charge in [-0.05, 0) is 62.1 Å². The number of nitrogens with one attached hydrogen (secondary N) is 1. The molecule has 3 heterocycles. The topological polar surface area (TPSA) is 64.4 Å².